The van der Waals surface area contributed by atoms with Gasteiger partial charge in [0.25, 0.3) is 12.3 Å². The second-order valence-corrected chi connectivity index (χ2v) is 4.82. The number of nitrogens with zero attached hydrogens (tertiary/aromatic N) is 2. The molecule has 0 radical (unpaired) electrons. The van der Waals surface area contributed by atoms with E-state index in [-0.39, 0.29) is 6.61 Å². The molecule has 5 nitrogen and oxygen atoms in total. The third kappa shape index (κ3) is 3.43. The Morgan fingerprint density at radius 3 is 3.00 bits per heavy atom. The summed E-state index contributed by atoms with van der Waals surface area (Å²) in [5, 5.41) is 7.10. The first kappa shape index (κ1) is 14.1. The van der Waals surface area contributed by atoms with Gasteiger partial charge in [0, 0.05) is 25.1 Å². The summed E-state index contributed by atoms with van der Waals surface area (Å²) < 4.78 is 33.8. The molecule has 2 heterocycles. The number of alkyl halides is 2. The first-order chi connectivity index (χ1) is 10.2. The molecule has 2 aromatic rings. The van der Waals surface area contributed by atoms with Crippen molar-refractivity contribution in [2.75, 3.05) is 13.2 Å². The lowest BCUT2D eigenvalue weighted by molar-refractivity contribution is 0.0182. The number of hydrogen-bond donors (Lipinski definition) is 1. The van der Waals surface area contributed by atoms with Crippen molar-refractivity contribution in [3.63, 3.8) is 0 Å². The summed E-state index contributed by atoms with van der Waals surface area (Å²) in [4.78, 5) is 4.26. The highest BCUT2D eigenvalue weighted by atomic mass is 19.3. The summed E-state index contributed by atoms with van der Waals surface area (Å²) in [6.07, 6.45) is -2.10. The lowest BCUT2D eigenvalue weighted by Crippen LogP contribution is -2.07. The molecule has 0 atom stereocenters. The van der Waals surface area contributed by atoms with E-state index in [9.17, 15) is 8.78 Å². The second kappa shape index (κ2) is 6.28. The van der Waals surface area contributed by atoms with Crippen molar-refractivity contribution in [1.82, 2.24) is 15.5 Å². The fourth-order valence-corrected chi connectivity index (χ4v) is 2.24. The molecule has 1 aliphatic rings. The molecule has 1 aromatic carbocycles. The highest BCUT2D eigenvalue weighted by Gasteiger charge is 2.14. The number of hydrogen-bond acceptors (Lipinski definition) is 5. The van der Waals surface area contributed by atoms with Crippen LogP contribution in [-0.2, 0) is 24.2 Å². The average molecular weight is 295 g/mol. The van der Waals surface area contributed by atoms with E-state index in [1.165, 1.54) is 11.1 Å². The maximum atomic E-state index is 11.9. The minimum absolute atomic E-state index is 0.150. The van der Waals surface area contributed by atoms with E-state index in [0.717, 1.165) is 18.7 Å². The Kier molecular flexibility index (Phi) is 4.21. The number of halogens is 2. The Labute approximate surface area is 120 Å². The molecule has 0 bridgehead atoms. The van der Waals surface area contributed by atoms with Crippen molar-refractivity contribution in [3.05, 3.63) is 35.2 Å². The van der Waals surface area contributed by atoms with E-state index in [4.69, 9.17) is 9.26 Å². The van der Waals surface area contributed by atoms with E-state index in [2.05, 4.69) is 15.5 Å². The van der Waals surface area contributed by atoms with Gasteiger partial charge in [-0.1, -0.05) is 11.2 Å². The Balaban J connectivity index is 1.62. The maximum absolute atomic E-state index is 11.9. The van der Waals surface area contributed by atoms with Crippen LogP contribution < -0.4 is 5.32 Å². The van der Waals surface area contributed by atoms with Gasteiger partial charge in [-0.25, -0.2) is 8.78 Å². The van der Waals surface area contributed by atoms with Crippen LogP contribution in [0.3, 0.4) is 0 Å². The molecular weight excluding hydrogens is 280 g/mol. The molecule has 0 saturated heterocycles. The van der Waals surface area contributed by atoms with Crippen molar-refractivity contribution in [1.29, 1.82) is 0 Å². The standard InChI is InChI=1S/C14H15F2N3O2/c15-12(16)8-20-4-3-13-18-14(21-19-13)9-1-2-10-6-17-7-11(10)5-9/h1-2,5,12,17H,3-4,6-8H2. The lowest BCUT2D eigenvalue weighted by atomic mass is 10.1. The minimum atomic E-state index is -2.45. The van der Waals surface area contributed by atoms with Crippen LogP contribution in [-0.4, -0.2) is 29.8 Å². The fourth-order valence-electron chi connectivity index (χ4n) is 2.24. The molecule has 0 fully saturated rings. The summed E-state index contributed by atoms with van der Waals surface area (Å²) in [7, 11) is 0. The van der Waals surface area contributed by atoms with Gasteiger partial charge in [-0.2, -0.15) is 4.98 Å². The molecular formula is C14H15F2N3O2. The molecule has 0 spiro atoms. The van der Waals surface area contributed by atoms with Gasteiger partial charge >= 0.3 is 0 Å². The number of fused-ring (bicyclic) bond motifs is 1. The minimum Gasteiger partial charge on any atom is -0.375 e. The van der Waals surface area contributed by atoms with Crippen LogP contribution in [0.15, 0.2) is 22.7 Å². The quantitative estimate of drug-likeness (QED) is 0.828. The van der Waals surface area contributed by atoms with E-state index >= 15 is 0 Å². The Bertz CT molecular complexity index is 616. The summed E-state index contributed by atoms with van der Waals surface area (Å²) >= 11 is 0. The zero-order valence-electron chi connectivity index (χ0n) is 11.3. The molecule has 7 heteroatoms. The lowest BCUT2D eigenvalue weighted by Gasteiger charge is -2.00. The zero-order chi connectivity index (χ0) is 14.7. The van der Waals surface area contributed by atoms with Gasteiger partial charge in [-0.3, -0.25) is 0 Å². The predicted octanol–water partition coefficient (Wildman–Crippen LogP) is 2.16. The predicted molar refractivity (Wildman–Crippen MR) is 70.8 cm³/mol. The number of benzene rings is 1. The highest BCUT2D eigenvalue weighted by Crippen LogP contribution is 2.23. The third-order valence-corrected chi connectivity index (χ3v) is 3.27. The molecule has 1 aromatic heterocycles. The second-order valence-electron chi connectivity index (χ2n) is 4.82. The van der Waals surface area contributed by atoms with Gasteiger partial charge in [0.2, 0.25) is 0 Å². The molecule has 0 amide bonds. The SMILES string of the molecule is FC(F)COCCc1noc(-c2ccc3c(c2)CNC3)n1. The highest BCUT2D eigenvalue weighted by molar-refractivity contribution is 5.56. The van der Waals surface area contributed by atoms with Gasteiger partial charge in [0.1, 0.15) is 6.61 Å². The van der Waals surface area contributed by atoms with Crippen LogP contribution in [0, 0.1) is 0 Å². The number of ether oxygens (including phenoxy) is 1. The molecule has 1 aliphatic heterocycles. The van der Waals surface area contributed by atoms with Crippen LogP contribution in [0.1, 0.15) is 17.0 Å². The Morgan fingerprint density at radius 2 is 2.14 bits per heavy atom. The Hall–Kier alpha value is -1.86. The van der Waals surface area contributed by atoms with Crippen LogP contribution in [0.2, 0.25) is 0 Å². The van der Waals surface area contributed by atoms with E-state index in [0.29, 0.717) is 18.1 Å². The summed E-state index contributed by atoms with van der Waals surface area (Å²) in [6, 6.07) is 6.01. The van der Waals surface area contributed by atoms with Crippen molar-refractivity contribution < 1.29 is 18.0 Å². The van der Waals surface area contributed by atoms with E-state index in [1.54, 1.807) is 0 Å². The molecule has 1 N–H and O–H groups in total. The maximum Gasteiger partial charge on any atom is 0.261 e. The van der Waals surface area contributed by atoms with Crippen LogP contribution in [0.4, 0.5) is 8.78 Å². The molecule has 112 valence electrons. The van der Waals surface area contributed by atoms with Crippen molar-refractivity contribution >= 4 is 0 Å². The number of nitrogens with one attached hydrogen (secondary N) is 1. The van der Waals surface area contributed by atoms with Crippen molar-refractivity contribution in [3.8, 4) is 11.5 Å². The molecule has 0 aliphatic carbocycles. The van der Waals surface area contributed by atoms with Crippen LogP contribution >= 0.6 is 0 Å². The van der Waals surface area contributed by atoms with Gasteiger partial charge in [0.05, 0.1) is 6.61 Å². The zero-order valence-corrected chi connectivity index (χ0v) is 11.3. The number of rotatable bonds is 6. The average Bonchev–Trinajstić information content (AvgIpc) is 3.11. The largest absolute Gasteiger partial charge is 0.375 e. The van der Waals surface area contributed by atoms with Crippen LogP contribution in [0.5, 0.6) is 0 Å². The smallest absolute Gasteiger partial charge is 0.261 e. The summed E-state index contributed by atoms with van der Waals surface area (Å²) in [5.74, 6) is 0.895. The first-order valence-corrected chi connectivity index (χ1v) is 6.74. The van der Waals surface area contributed by atoms with Gasteiger partial charge in [0.15, 0.2) is 5.82 Å². The van der Waals surface area contributed by atoms with E-state index < -0.39 is 13.0 Å². The van der Waals surface area contributed by atoms with Crippen LogP contribution in [0.25, 0.3) is 11.5 Å². The first-order valence-electron chi connectivity index (χ1n) is 6.74. The van der Waals surface area contributed by atoms with Crippen molar-refractivity contribution in [2.45, 2.75) is 25.9 Å². The van der Waals surface area contributed by atoms with E-state index in [1.807, 2.05) is 18.2 Å². The van der Waals surface area contributed by atoms with Crippen molar-refractivity contribution in [2.24, 2.45) is 0 Å². The summed E-state index contributed by atoms with van der Waals surface area (Å²) in [6.45, 7) is 1.30. The Morgan fingerprint density at radius 1 is 1.29 bits per heavy atom. The number of aromatic nitrogens is 2. The third-order valence-electron chi connectivity index (χ3n) is 3.27. The molecule has 0 unspecified atom stereocenters. The normalized spacial score (nSPS) is 13.9. The summed E-state index contributed by atoms with van der Waals surface area (Å²) in [5.41, 5.74) is 3.37. The van der Waals surface area contributed by atoms with Gasteiger partial charge in [-0.05, 0) is 23.3 Å². The monoisotopic (exact) mass is 295 g/mol. The van der Waals surface area contributed by atoms with Gasteiger partial charge < -0.3 is 14.6 Å². The fraction of sp³-hybridized carbons (Fsp3) is 0.429. The molecule has 3 rings (SSSR count). The molecule has 21 heavy (non-hydrogen) atoms. The van der Waals surface area contributed by atoms with Gasteiger partial charge in [-0.15, -0.1) is 0 Å². The topological polar surface area (TPSA) is 60.2 Å². The molecule has 0 saturated carbocycles.